The van der Waals surface area contributed by atoms with Gasteiger partial charge in [0.2, 0.25) is 5.16 Å². The molecule has 0 saturated heterocycles. The molecule has 0 aliphatic carbocycles. The number of hydrogen-bond donors (Lipinski definition) is 0. The van der Waals surface area contributed by atoms with Gasteiger partial charge in [-0.1, -0.05) is 6.07 Å². The average molecular weight is 266 g/mol. The molecule has 2 aromatic rings. The predicted octanol–water partition coefficient (Wildman–Crippen LogP) is 1.22. The molecule has 1 aromatic heterocycles. The van der Waals surface area contributed by atoms with Crippen molar-refractivity contribution in [3.63, 3.8) is 0 Å². The van der Waals surface area contributed by atoms with E-state index in [0.29, 0.717) is 5.69 Å². The van der Waals surface area contributed by atoms with Gasteiger partial charge in [-0.15, -0.1) is 10.2 Å². The second kappa shape index (κ2) is 4.65. The Morgan fingerprint density at radius 2 is 2.17 bits per heavy atom. The van der Waals surface area contributed by atoms with Crippen molar-refractivity contribution in [3.05, 3.63) is 40.2 Å². The first-order valence-electron chi connectivity index (χ1n) is 4.99. The number of nitro benzene ring substituents is 1. The highest BCUT2D eigenvalue weighted by Crippen LogP contribution is 2.25. The lowest BCUT2D eigenvalue weighted by atomic mass is 10.2. The number of nitro groups is 1. The number of aryl methyl sites for hydroxylation is 1. The molecular weight excluding hydrogens is 256 g/mol. The van der Waals surface area contributed by atoms with Crippen molar-refractivity contribution in [3.8, 4) is 5.69 Å². The lowest BCUT2D eigenvalue weighted by molar-refractivity contribution is -0.384. The Labute approximate surface area is 105 Å². The van der Waals surface area contributed by atoms with Crippen molar-refractivity contribution in [2.45, 2.75) is 12.1 Å². The fourth-order valence-electron chi connectivity index (χ4n) is 1.57. The predicted molar refractivity (Wildman–Crippen MR) is 65.1 cm³/mol. The maximum Gasteiger partial charge on any atom is 0.293 e. The van der Waals surface area contributed by atoms with E-state index in [0.717, 1.165) is 5.56 Å². The summed E-state index contributed by atoms with van der Waals surface area (Å²) in [6, 6.07) is 4.79. The number of hydrogen-bond acceptors (Lipinski definition) is 5. The average Bonchev–Trinajstić information content (AvgIpc) is 2.77. The molecule has 0 spiro atoms. The van der Waals surface area contributed by atoms with Crippen LogP contribution >= 0.6 is 0 Å². The SMILES string of the molecule is Cc1ccc(-n2cnnc2S(C)=O)c([N+](=O)[O-])c1. The van der Waals surface area contributed by atoms with Gasteiger partial charge >= 0.3 is 0 Å². The van der Waals surface area contributed by atoms with Crippen molar-refractivity contribution in [1.82, 2.24) is 14.8 Å². The van der Waals surface area contributed by atoms with E-state index >= 15 is 0 Å². The fourth-order valence-corrected chi connectivity index (χ4v) is 2.15. The summed E-state index contributed by atoms with van der Waals surface area (Å²) in [5.41, 5.74) is 1.01. The smallest absolute Gasteiger partial charge is 0.268 e. The van der Waals surface area contributed by atoms with Crippen LogP contribution in [-0.4, -0.2) is 30.2 Å². The van der Waals surface area contributed by atoms with Crippen LogP contribution in [0.5, 0.6) is 0 Å². The van der Waals surface area contributed by atoms with Crippen molar-refractivity contribution < 1.29 is 9.13 Å². The van der Waals surface area contributed by atoms with Crippen LogP contribution in [0, 0.1) is 17.0 Å². The summed E-state index contributed by atoms with van der Waals surface area (Å²) >= 11 is 0. The van der Waals surface area contributed by atoms with Gasteiger partial charge in [-0.25, -0.2) is 0 Å². The monoisotopic (exact) mass is 266 g/mol. The zero-order chi connectivity index (χ0) is 13.3. The standard InChI is InChI=1S/C10H10N4O3S/c1-7-3-4-8(9(5-7)14(15)16)13-6-11-12-10(13)18(2)17/h3-6H,1-2H3. The molecule has 0 aliphatic rings. The molecular formula is C10H10N4O3S. The maximum absolute atomic E-state index is 11.5. The van der Waals surface area contributed by atoms with Crippen molar-refractivity contribution in [1.29, 1.82) is 0 Å². The van der Waals surface area contributed by atoms with E-state index in [1.54, 1.807) is 19.1 Å². The topological polar surface area (TPSA) is 90.9 Å². The highest BCUT2D eigenvalue weighted by molar-refractivity contribution is 7.84. The molecule has 18 heavy (non-hydrogen) atoms. The highest BCUT2D eigenvalue weighted by atomic mass is 32.2. The van der Waals surface area contributed by atoms with Crippen LogP contribution in [0.15, 0.2) is 29.7 Å². The number of aromatic nitrogens is 3. The number of rotatable bonds is 3. The molecule has 0 bridgehead atoms. The third kappa shape index (κ3) is 2.14. The summed E-state index contributed by atoms with van der Waals surface area (Å²) < 4.78 is 12.8. The Kier molecular flexibility index (Phi) is 3.19. The zero-order valence-electron chi connectivity index (χ0n) is 9.73. The Morgan fingerprint density at radius 3 is 2.78 bits per heavy atom. The molecule has 0 saturated carbocycles. The molecule has 1 unspecified atom stereocenters. The molecule has 0 fully saturated rings. The molecule has 1 aromatic carbocycles. The molecule has 94 valence electrons. The Bertz CT molecular complexity index is 638. The Balaban J connectivity index is 2.67. The molecule has 0 radical (unpaired) electrons. The fraction of sp³-hybridized carbons (Fsp3) is 0.200. The molecule has 0 N–H and O–H groups in total. The molecule has 7 nitrogen and oxygen atoms in total. The van der Waals surface area contributed by atoms with E-state index in [9.17, 15) is 14.3 Å². The van der Waals surface area contributed by atoms with Crippen molar-refractivity contribution >= 4 is 16.5 Å². The summed E-state index contributed by atoms with van der Waals surface area (Å²) in [7, 11) is -1.37. The van der Waals surface area contributed by atoms with Gasteiger partial charge in [0.1, 0.15) is 12.0 Å². The third-order valence-corrected chi connectivity index (χ3v) is 3.15. The summed E-state index contributed by atoms with van der Waals surface area (Å²) in [6.45, 7) is 1.77. The van der Waals surface area contributed by atoms with Gasteiger partial charge < -0.3 is 0 Å². The summed E-state index contributed by atoms with van der Waals surface area (Å²) in [5.74, 6) is 0. The minimum absolute atomic E-state index is 0.0681. The molecule has 0 aliphatic heterocycles. The van der Waals surface area contributed by atoms with Crippen LogP contribution < -0.4 is 0 Å². The van der Waals surface area contributed by atoms with Gasteiger partial charge in [0.25, 0.3) is 5.69 Å². The van der Waals surface area contributed by atoms with E-state index in [-0.39, 0.29) is 10.8 Å². The number of nitrogens with zero attached hydrogens (tertiary/aromatic N) is 4. The summed E-state index contributed by atoms with van der Waals surface area (Å²) in [6.07, 6.45) is 2.76. The van der Waals surface area contributed by atoms with Crippen LogP contribution in [-0.2, 0) is 10.8 Å². The van der Waals surface area contributed by atoms with Gasteiger partial charge in [-0.05, 0) is 18.6 Å². The second-order valence-electron chi connectivity index (χ2n) is 3.69. The molecule has 8 heteroatoms. The lowest BCUT2D eigenvalue weighted by Crippen LogP contribution is -2.05. The first kappa shape index (κ1) is 12.4. The van der Waals surface area contributed by atoms with Gasteiger partial charge in [-0.3, -0.25) is 18.9 Å². The minimum atomic E-state index is -1.37. The first-order valence-corrected chi connectivity index (χ1v) is 6.55. The van der Waals surface area contributed by atoms with Crippen LogP contribution in [0.4, 0.5) is 5.69 Å². The summed E-state index contributed by atoms with van der Waals surface area (Å²) in [5, 5.41) is 18.6. The Morgan fingerprint density at radius 1 is 1.44 bits per heavy atom. The normalized spacial score (nSPS) is 12.3. The summed E-state index contributed by atoms with van der Waals surface area (Å²) in [4.78, 5) is 10.5. The molecule has 2 rings (SSSR count). The third-order valence-electron chi connectivity index (χ3n) is 2.36. The van der Waals surface area contributed by atoms with E-state index < -0.39 is 15.7 Å². The van der Waals surface area contributed by atoms with E-state index in [1.807, 2.05) is 0 Å². The quantitative estimate of drug-likeness (QED) is 0.615. The zero-order valence-corrected chi connectivity index (χ0v) is 10.5. The lowest BCUT2D eigenvalue weighted by Gasteiger charge is -2.06. The van der Waals surface area contributed by atoms with Crippen molar-refractivity contribution in [2.75, 3.05) is 6.26 Å². The van der Waals surface area contributed by atoms with Crippen LogP contribution in [0.2, 0.25) is 0 Å². The maximum atomic E-state index is 11.5. The highest BCUT2D eigenvalue weighted by Gasteiger charge is 2.19. The van der Waals surface area contributed by atoms with E-state index in [1.165, 1.54) is 23.2 Å². The first-order chi connectivity index (χ1) is 8.50. The van der Waals surface area contributed by atoms with Crippen LogP contribution in [0.1, 0.15) is 5.56 Å². The number of benzene rings is 1. The van der Waals surface area contributed by atoms with Gasteiger partial charge in [0.05, 0.1) is 15.7 Å². The van der Waals surface area contributed by atoms with Gasteiger partial charge in [0.15, 0.2) is 0 Å². The van der Waals surface area contributed by atoms with Crippen LogP contribution in [0.25, 0.3) is 5.69 Å². The van der Waals surface area contributed by atoms with E-state index in [2.05, 4.69) is 10.2 Å². The molecule has 0 amide bonds. The largest absolute Gasteiger partial charge is 0.293 e. The van der Waals surface area contributed by atoms with Gasteiger partial charge in [-0.2, -0.15) is 0 Å². The molecule has 1 heterocycles. The Hall–Kier alpha value is -2.09. The molecule has 1 atom stereocenters. The van der Waals surface area contributed by atoms with Crippen LogP contribution in [0.3, 0.4) is 0 Å². The minimum Gasteiger partial charge on any atom is -0.268 e. The second-order valence-corrected chi connectivity index (χ2v) is 4.96. The van der Waals surface area contributed by atoms with E-state index in [4.69, 9.17) is 0 Å². The van der Waals surface area contributed by atoms with Gasteiger partial charge in [0, 0.05) is 12.3 Å². The van der Waals surface area contributed by atoms with Crippen molar-refractivity contribution in [2.24, 2.45) is 0 Å².